The van der Waals surface area contributed by atoms with Gasteiger partial charge in [-0.15, -0.1) is 0 Å². The van der Waals surface area contributed by atoms with E-state index < -0.39 is 47.3 Å². The number of allylic oxidation sites excluding steroid dienone is 1. The molecule has 3 rings (SSSR count). The van der Waals surface area contributed by atoms with Crippen molar-refractivity contribution in [3.05, 3.63) is 75.7 Å². The first-order valence-electron chi connectivity index (χ1n) is 12.4. The van der Waals surface area contributed by atoms with E-state index in [0.717, 1.165) is 0 Å². The monoisotopic (exact) mass is 549 g/mol. The summed E-state index contributed by atoms with van der Waals surface area (Å²) < 4.78 is 53.1. The molecule has 0 bridgehead atoms. The van der Waals surface area contributed by atoms with Crippen LogP contribution in [0.3, 0.4) is 0 Å². The fraction of sp³-hybridized carbons (Fsp3) is 0.393. The number of fused-ring (bicyclic) bond motifs is 1. The SMILES string of the molecule is COC(=O)N/C=C/CCC(C)c1cc(O)c(C(=O)C(C)Cc2cc3ccc(CCC(F)(F)F)cc3o2)c(=O)o1. The Bertz CT molecular complexity index is 1400. The largest absolute Gasteiger partial charge is 0.507 e. The number of aryl methyl sites for hydroxylation is 1. The third-order valence-electron chi connectivity index (χ3n) is 6.24. The maximum Gasteiger partial charge on any atom is 0.410 e. The lowest BCUT2D eigenvalue weighted by molar-refractivity contribution is -0.134. The number of benzene rings is 1. The Morgan fingerprint density at radius 3 is 2.56 bits per heavy atom. The predicted octanol–water partition coefficient (Wildman–Crippen LogP) is 6.40. The predicted molar refractivity (Wildman–Crippen MR) is 137 cm³/mol. The Kier molecular flexibility index (Phi) is 9.61. The highest BCUT2D eigenvalue weighted by atomic mass is 19.4. The van der Waals surface area contributed by atoms with Crippen LogP contribution in [0.25, 0.3) is 11.0 Å². The molecule has 210 valence electrons. The van der Waals surface area contributed by atoms with Crippen LogP contribution in [-0.4, -0.2) is 30.3 Å². The highest BCUT2D eigenvalue weighted by molar-refractivity contribution is 5.99. The third-order valence-corrected chi connectivity index (χ3v) is 6.24. The van der Waals surface area contributed by atoms with Crippen LogP contribution in [0.5, 0.6) is 5.75 Å². The Balaban J connectivity index is 1.65. The average molecular weight is 550 g/mol. The minimum Gasteiger partial charge on any atom is -0.507 e. The molecule has 0 spiro atoms. The van der Waals surface area contributed by atoms with E-state index in [9.17, 15) is 32.7 Å². The topological polar surface area (TPSA) is 119 Å². The third kappa shape index (κ3) is 8.23. The second-order valence-corrected chi connectivity index (χ2v) is 9.38. The van der Waals surface area contributed by atoms with Gasteiger partial charge in [0.25, 0.3) is 0 Å². The molecule has 0 saturated carbocycles. The summed E-state index contributed by atoms with van der Waals surface area (Å²) in [5.74, 6) is -1.48. The van der Waals surface area contributed by atoms with E-state index in [0.29, 0.717) is 35.1 Å². The second-order valence-electron chi connectivity index (χ2n) is 9.38. The number of furan rings is 1. The molecular formula is C28H30F3NO7. The van der Waals surface area contributed by atoms with E-state index >= 15 is 0 Å². The minimum atomic E-state index is -4.25. The van der Waals surface area contributed by atoms with Crippen molar-refractivity contribution in [1.82, 2.24) is 5.32 Å². The Morgan fingerprint density at radius 2 is 1.90 bits per heavy atom. The molecule has 8 nitrogen and oxygen atoms in total. The zero-order valence-corrected chi connectivity index (χ0v) is 21.8. The number of ketones is 1. The number of carbonyl (C=O) groups excluding carboxylic acids is 2. The van der Waals surface area contributed by atoms with Gasteiger partial charge < -0.3 is 18.7 Å². The Hall–Kier alpha value is -4.02. The zero-order chi connectivity index (χ0) is 28.7. The van der Waals surface area contributed by atoms with Gasteiger partial charge in [0.05, 0.1) is 7.11 Å². The molecule has 2 heterocycles. The minimum absolute atomic E-state index is 0.106. The number of Topliss-reactive ketones (excluding diaryl/α,β-unsaturated/α-hetero) is 1. The van der Waals surface area contributed by atoms with Crippen molar-refractivity contribution in [1.29, 1.82) is 0 Å². The van der Waals surface area contributed by atoms with E-state index in [1.807, 2.05) is 0 Å². The van der Waals surface area contributed by atoms with E-state index in [2.05, 4.69) is 10.1 Å². The number of hydrogen-bond donors (Lipinski definition) is 2. The summed E-state index contributed by atoms with van der Waals surface area (Å²) in [6.45, 7) is 3.37. The molecule has 1 aromatic carbocycles. The van der Waals surface area contributed by atoms with Crippen molar-refractivity contribution in [2.24, 2.45) is 5.92 Å². The number of alkyl halides is 3. The van der Waals surface area contributed by atoms with Gasteiger partial charge in [-0.2, -0.15) is 13.2 Å². The summed E-state index contributed by atoms with van der Waals surface area (Å²) in [7, 11) is 1.25. The molecule has 0 aliphatic carbocycles. The van der Waals surface area contributed by atoms with Gasteiger partial charge in [-0.25, -0.2) is 9.59 Å². The first kappa shape index (κ1) is 29.5. The standard InChI is InChI=1S/C28H30F3NO7/c1-16(6-4-5-11-32-27(36)37-3)22-15-21(33)24(26(35)39-22)25(34)17(2)12-20-14-19-8-7-18(13-23(19)38-20)9-10-28(29,30)31/h5,7-8,11,13-17,33H,4,6,9-10,12H2,1-3H3,(H,32,36)/b11-5+. The maximum atomic E-state index is 13.0. The van der Waals surface area contributed by atoms with Crippen LogP contribution >= 0.6 is 0 Å². The van der Waals surface area contributed by atoms with Crippen LogP contribution < -0.4 is 10.9 Å². The van der Waals surface area contributed by atoms with Crippen molar-refractivity contribution in [2.75, 3.05) is 7.11 Å². The van der Waals surface area contributed by atoms with Gasteiger partial charge in [0.15, 0.2) is 5.78 Å². The van der Waals surface area contributed by atoms with Crippen molar-refractivity contribution >= 4 is 22.8 Å². The van der Waals surface area contributed by atoms with E-state index in [4.69, 9.17) is 8.83 Å². The summed E-state index contributed by atoms with van der Waals surface area (Å²) in [6, 6.07) is 7.75. The fourth-order valence-corrected chi connectivity index (χ4v) is 4.04. The van der Waals surface area contributed by atoms with Crippen LogP contribution in [0, 0.1) is 5.92 Å². The lowest BCUT2D eigenvalue weighted by Crippen LogP contribution is -2.22. The molecule has 0 radical (unpaired) electrons. The summed E-state index contributed by atoms with van der Waals surface area (Å²) in [5.41, 5.74) is -0.516. The van der Waals surface area contributed by atoms with Gasteiger partial charge >= 0.3 is 17.9 Å². The number of hydrogen-bond acceptors (Lipinski definition) is 7. The number of amides is 1. The first-order chi connectivity index (χ1) is 18.4. The molecule has 0 fully saturated rings. The quantitative estimate of drug-likeness (QED) is 0.266. The number of halogens is 3. The fourth-order valence-electron chi connectivity index (χ4n) is 4.04. The summed E-state index contributed by atoms with van der Waals surface area (Å²) in [4.78, 5) is 36.7. The summed E-state index contributed by atoms with van der Waals surface area (Å²) in [6.07, 6.45) is -1.65. The number of methoxy groups -OCH3 is 1. The molecule has 0 aliphatic rings. The van der Waals surface area contributed by atoms with Gasteiger partial charge in [-0.05, 0) is 37.0 Å². The molecule has 39 heavy (non-hydrogen) atoms. The number of alkyl carbamates (subject to hydrolysis) is 1. The van der Waals surface area contributed by atoms with Gasteiger partial charge in [-0.3, -0.25) is 10.1 Å². The molecule has 2 unspecified atom stereocenters. The van der Waals surface area contributed by atoms with Gasteiger partial charge in [-0.1, -0.05) is 32.1 Å². The van der Waals surface area contributed by atoms with Gasteiger partial charge in [0.2, 0.25) is 0 Å². The molecular weight excluding hydrogens is 519 g/mol. The van der Waals surface area contributed by atoms with E-state index in [-0.39, 0.29) is 24.5 Å². The Morgan fingerprint density at radius 1 is 1.15 bits per heavy atom. The number of aromatic hydroxyl groups is 1. The molecule has 11 heteroatoms. The lowest BCUT2D eigenvalue weighted by atomic mass is 9.94. The van der Waals surface area contributed by atoms with Crippen LogP contribution in [0.4, 0.5) is 18.0 Å². The van der Waals surface area contributed by atoms with Crippen molar-refractivity contribution < 1.29 is 41.4 Å². The molecule has 3 aromatic rings. The number of ether oxygens (including phenoxy) is 1. The molecule has 0 saturated heterocycles. The van der Waals surface area contributed by atoms with Crippen LogP contribution in [0.2, 0.25) is 0 Å². The van der Waals surface area contributed by atoms with Crippen molar-refractivity contribution in [3.63, 3.8) is 0 Å². The number of rotatable bonds is 11. The van der Waals surface area contributed by atoms with Gasteiger partial charge in [0, 0.05) is 42.3 Å². The van der Waals surface area contributed by atoms with Crippen LogP contribution in [0.1, 0.15) is 66.5 Å². The van der Waals surface area contributed by atoms with Crippen LogP contribution in [0.15, 0.2) is 56.2 Å². The summed E-state index contributed by atoms with van der Waals surface area (Å²) >= 11 is 0. The molecule has 1 amide bonds. The highest BCUT2D eigenvalue weighted by Crippen LogP contribution is 2.29. The zero-order valence-electron chi connectivity index (χ0n) is 21.8. The molecule has 2 aromatic heterocycles. The van der Waals surface area contributed by atoms with Crippen molar-refractivity contribution in [2.45, 2.75) is 58.0 Å². The highest BCUT2D eigenvalue weighted by Gasteiger charge is 2.27. The van der Waals surface area contributed by atoms with Crippen molar-refractivity contribution in [3.8, 4) is 5.75 Å². The lowest BCUT2D eigenvalue weighted by Gasteiger charge is -2.13. The van der Waals surface area contributed by atoms with Gasteiger partial charge in [0.1, 0.15) is 28.4 Å². The smallest absolute Gasteiger partial charge is 0.410 e. The molecule has 2 atom stereocenters. The second kappa shape index (κ2) is 12.7. The van der Waals surface area contributed by atoms with E-state index in [1.54, 1.807) is 44.2 Å². The number of nitrogens with one attached hydrogen (secondary N) is 1. The Labute approximate surface area is 222 Å². The normalized spacial score (nSPS) is 13.5. The average Bonchev–Trinajstić information content (AvgIpc) is 3.27. The molecule has 0 aliphatic heterocycles. The first-order valence-corrected chi connectivity index (χ1v) is 12.4. The number of carbonyl (C=O) groups is 2. The summed E-state index contributed by atoms with van der Waals surface area (Å²) in [5, 5.41) is 13.6. The maximum absolute atomic E-state index is 13.0. The van der Waals surface area contributed by atoms with Crippen LogP contribution in [-0.2, 0) is 17.6 Å². The van der Waals surface area contributed by atoms with E-state index in [1.165, 1.54) is 19.4 Å². The molecule has 2 N–H and O–H groups in total.